The van der Waals surface area contributed by atoms with Gasteiger partial charge in [0.25, 0.3) is 0 Å². The number of carboxylic acid groups (broad SMARTS) is 1. The molecule has 4 N–H and O–H groups in total. The van der Waals surface area contributed by atoms with Gasteiger partial charge in [-0.2, -0.15) is 5.10 Å². The third kappa shape index (κ3) is 3.72. The third-order valence-electron chi connectivity index (χ3n) is 2.08. The Hall–Kier alpha value is -2.12. The number of hydrazone groups is 1. The predicted molar refractivity (Wildman–Crippen MR) is 65.2 cm³/mol. The van der Waals surface area contributed by atoms with Crippen LogP contribution in [0.5, 0.6) is 5.75 Å². The summed E-state index contributed by atoms with van der Waals surface area (Å²) < 4.78 is 4.92. The standard InChI is InChI=1S/C11H14N2O5/c1-18-8-2-3-10(9(4-8)11(16)17)13-12-5-7(15)6-14/h2-5,7,13-15H,6H2,1H3,(H,16,17)/b12-5+. The first-order chi connectivity index (χ1) is 8.58. The first-order valence-corrected chi connectivity index (χ1v) is 5.08. The van der Waals surface area contributed by atoms with E-state index in [-0.39, 0.29) is 11.3 Å². The molecule has 18 heavy (non-hydrogen) atoms. The van der Waals surface area contributed by atoms with Gasteiger partial charge in [-0.3, -0.25) is 5.43 Å². The van der Waals surface area contributed by atoms with Crippen molar-refractivity contribution >= 4 is 17.9 Å². The van der Waals surface area contributed by atoms with E-state index in [9.17, 15) is 4.79 Å². The minimum Gasteiger partial charge on any atom is -0.497 e. The van der Waals surface area contributed by atoms with Gasteiger partial charge in [0.1, 0.15) is 11.9 Å². The topological polar surface area (TPSA) is 111 Å². The maximum atomic E-state index is 11.0. The number of carbonyl (C=O) groups is 1. The second-order valence-corrected chi connectivity index (χ2v) is 3.36. The zero-order valence-electron chi connectivity index (χ0n) is 9.70. The molecule has 0 amide bonds. The molecule has 0 aromatic heterocycles. The van der Waals surface area contributed by atoms with E-state index in [1.54, 1.807) is 6.07 Å². The lowest BCUT2D eigenvalue weighted by Gasteiger charge is -2.07. The summed E-state index contributed by atoms with van der Waals surface area (Å²) in [7, 11) is 1.43. The Morgan fingerprint density at radius 3 is 2.89 bits per heavy atom. The van der Waals surface area contributed by atoms with E-state index in [1.165, 1.54) is 19.2 Å². The highest BCUT2D eigenvalue weighted by atomic mass is 16.5. The van der Waals surface area contributed by atoms with Crippen molar-refractivity contribution < 1.29 is 24.9 Å². The molecule has 1 aromatic carbocycles. The molecular weight excluding hydrogens is 240 g/mol. The number of rotatable bonds is 6. The fourth-order valence-corrected chi connectivity index (χ4v) is 1.16. The number of aliphatic hydroxyl groups excluding tert-OH is 2. The summed E-state index contributed by atoms with van der Waals surface area (Å²) in [4.78, 5) is 11.0. The second kappa shape index (κ2) is 6.58. The van der Waals surface area contributed by atoms with Crippen LogP contribution in [0.3, 0.4) is 0 Å². The molecule has 7 heteroatoms. The van der Waals surface area contributed by atoms with Crippen LogP contribution in [0.15, 0.2) is 23.3 Å². The van der Waals surface area contributed by atoms with Crippen LogP contribution in [0, 0.1) is 0 Å². The van der Waals surface area contributed by atoms with E-state index >= 15 is 0 Å². The van der Waals surface area contributed by atoms with Crippen molar-refractivity contribution in [3.8, 4) is 5.75 Å². The molecule has 1 rings (SSSR count). The molecule has 7 nitrogen and oxygen atoms in total. The van der Waals surface area contributed by atoms with Crippen LogP contribution in [-0.4, -0.2) is 47.3 Å². The number of methoxy groups -OCH3 is 1. The van der Waals surface area contributed by atoms with Gasteiger partial charge in [0.15, 0.2) is 0 Å². The molecule has 98 valence electrons. The molecule has 0 fully saturated rings. The molecule has 0 heterocycles. The van der Waals surface area contributed by atoms with Gasteiger partial charge in [0.05, 0.1) is 31.2 Å². The molecule has 0 radical (unpaired) electrons. The number of nitrogens with zero attached hydrogens (tertiary/aromatic N) is 1. The summed E-state index contributed by atoms with van der Waals surface area (Å²) in [5.74, 6) is -0.716. The lowest BCUT2D eigenvalue weighted by atomic mass is 10.2. The van der Waals surface area contributed by atoms with Crippen LogP contribution in [0.1, 0.15) is 10.4 Å². The highest BCUT2D eigenvalue weighted by Crippen LogP contribution is 2.21. The van der Waals surface area contributed by atoms with Gasteiger partial charge < -0.3 is 20.1 Å². The Bertz CT molecular complexity index is 447. The molecule has 0 saturated heterocycles. The number of benzene rings is 1. The van der Waals surface area contributed by atoms with Gasteiger partial charge >= 0.3 is 5.97 Å². The molecule has 0 aliphatic heterocycles. The first-order valence-electron chi connectivity index (χ1n) is 5.08. The normalized spacial score (nSPS) is 12.4. The highest BCUT2D eigenvalue weighted by Gasteiger charge is 2.11. The van der Waals surface area contributed by atoms with Crippen molar-refractivity contribution in [2.24, 2.45) is 5.10 Å². The first kappa shape index (κ1) is 13.9. The summed E-state index contributed by atoms with van der Waals surface area (Å²) in [6.07, 6.45) is -0.0282. The van der Waals surface area contributed by atoms with Crippen molar-refractivity contribution in [2.75, 3.05) is 19.1 Å². The molecule has 0 aliphatic carbocycles. The van der Waals surface area contributed by atoms with Crippen molar-refractivity contribution in [3.63, 3.8) is 0 Å². The van der Waals surface area contributed by atoms with Gasteiger partial charge in [-0.25, -0.2) is 4.79 Å². The van der Waals surface area contributed by atoms with E-state index in [0.717, 1.165) is 6.21 Å². The average Bonchev–Trinajstić information content (AvgIpc) is 2.38. The fraction of sp³-hybridized carbons (Fsp3) is 0.273. The van der Waals surface area contributed by atoms with Crippen LogP contribution >= 0.6 is 0 Å². The van der Waals surface area contributed by atoms with Crippen molar-refractivity contribution in [3.05, 3.63) is 23.8 Å². The second-order valence-electron chi connectivity index (χ2n) is 3.36. The maximum absolute atomic E-state index is 11.0. The zero-order chi connectivity index (χ0) is 13.5. The van der Waals surface area contributed by atoms with Gasteiger partial charge in [0.2, 0.25) is 0 Å². The lowest BCUT2D eigenvalue weighted by molar-refractivity contribution is 0.0697. The number of anilines is 1. The van der Waals surface area contributed by atoms with Gasteiger partial charge in [-0.05, 0) is 18.2 Å². The van der Waals surface area contributed by atoms with Crippen molar-refractivity contribution in [1.29, 1.82) is 0 Å². The molecule has 0 aliphatic rings. The van der Waals surface area contributed by atoms with E-state index in [1.807, 2.05) is 0 Å². The Morgan fingerprint density at radius 2 is 2.33 bits per heavy atom. The Kier molecular flexibility index (Phi) is 5.09. The minimum atomic E-state index is -1.13. The maximum Gasteiger partial charge on any atom is 0.338 e. The number of aromatic carboxylic acids is 1. The monoisotopic (exact) mass is 254 g/mol. The van der Waals surface area contributed by atoms with Crippen LogP contribution in [0.4, 0.5) is 5.69 Å². The number of hydrogen-bond donors (Lipinski definition) is 4. The van der Waals surface area contributed by atoms with Gasteiger partial charge in [-0.15, -0.1) is 0 Å². The molecule has 1 unspecified atom stereocenters. The van der Waals surface area contributed by atoms with E-state index in [0.29, 0.717) is 5.75 Å². The number of nitrogens with one attached hydrogen (secondary N) is 1. The van der Waals surface area contributed by atoms with Crippen molar-refractivity contribution in [2.45, 2.75) is 6.10 Å². The summed E-state index contributed by atoms with van der Waals surface area (Å²) in [5, 5.41) is 30.2. The van der Waals surface area contributed by atoms with Gasteiger partial charge in [-0.1, -0.05) is 0 Å². The molecule has 0 spiro atoms. The number of aliphatic hydroxyl groups is 2. The molecular formula is C11H14N2O5. The van der Waals surface area contributed by atoms with E-state index in [2.05, 4.69) is 10.5 Å². The van der Waals surface area contributed by atoms with E-state index < -0.39 is 18.7 Å². The molecule has 1 aromatic rings. The summed E-state index contributed by atoms with van der Waals surface area (Å²) in [5.41, 5.74) is 2.72. The Labute approximate surface area is 103 Å². The van der Waals surface area contributed by atoms with Crippen LogP contribution in [-0.2, 0) is 0 Å². The van der Waals surface area contributed by atoms with Crippen LogP contribution < -0.4 is 10.2 Å². The third-order valence-corrected chi connectivity index (χ3v) is 2.08. The van der Waals surface area contributed by atoms with Crippen molar-refractivity contribution in [1.82, 2.24) is 0 Å². The van der Waals surface area contributed by atoms with Gasteiger partial charge in [0, 0.05) is 0 Å². The Morgan fingerprint density at radius 1 is 1.61 bits per heavy atom. The number of ether oxygens (including phenoxy) is 1. The van der Waals surface area contributed by atoms with E-state index in [4.69, 9.17) is 20.1 Å². The smallest absolute Gasteiger partial charge is 0.338 e. The number of carboxylic acids is 1. The Balaban J connectivity index is 2.88. The quantitative estimate of drug-likeness (QED) is 0.424. The highest BCUT2D eigenvalue weighted by molar-refractivity contribution is 5.94. The largest absolute Gasteiger partial charge is 0.497 e. The minimum absolute atomic E-state index is 0.00927. The predicted octanol–water partition coefficient (Wildman–Crippen LogP) is 0.144. The summed E-state index contributed by atoms with van der Waals surface area (Å²) in [6.45, 7) is -0.459. The van der Waals surface area contributed by atoms with Crippen LogP contribution in [0.2, 0.25) is 0 Å². The molecule has 0 saturated carbocycles. The zero-order valence-corrected chi connectivity index (χ0v) is 9.70. The average molecular weight is 254 g/mol. The molecule has 1 atom stereocenters. The van der Waals surface area contributed by atoms with Crippen LogP contribution in [0.25, 0.3) is 0 Å². The molecule has 0 bridgehead atoms. The summed E-state index contributed by atoms with van der Waals surface area (Å²) in [6, 6.07) is 4.42. The fourth-order valence-electron chi connectivity index (χ4n) is 1.16. The number of hydrogen-bond acceptors (Lipinski definition) is 6. The SMILES string of the molecule is COc1ccc(N/N=C/C(O)CO)c(C(=O)O)c1. The summed E-state index contributed by atoms with van der Waals surface area (Å²) >= 11 is 0. The lowest BCUT2D eigenvalue weighted by Crippen LogP contribution is -2.14.